The number of nitrogens with one attached hydrogen (secondary N) is 2. The molecule has 2 aromatic rings. The first-order valence-electron chi connectivity index (χ1n) is 5.14. The molecule has 2 rings (SSSR count). The van der Waals surface area contributed by atoms with Crippen LogP contribution in [0.1, 0.15) is 24.2 Å². The molecule has 0 aliphatic heterocycles. The van der Waals surface area contributed by atoms with E-state index in [4.69, 9.17) is 5.73 Å². The third kappa shape index (κ3) is 2.31. The number of aromatic nitrogens is 3. The van der Waals surface area contributed by atoms with Crippen molar-refractivity contribution in [3.05, 3.63) is 46.1 Å². The summed E-state index contributed by atoms with van der Waals surface area (Å²) in [6.07, 6.45) is 0.821. The quantitative estimate of drug-likeness (QED) is 0.672. The highest BCUT2D eigenvalue weighted by molar-refractivity contribution is 5.39. The van der Waals surface area contributed by atoms with E-state index in [1.54, 1.807) is 0 Å². The van der Waals surface area contributed by atoms with E-state index in [-0.39, 0.29) is 11.6 Å². The first-order chi connectivity index (χ1) is 7.65. The molecule has 0 bridgehead atoms. The summed E-state index contributed by atoms with van der Waals surface area (Å²) in [5, 5.41) is 6.27. The molecule has 0 aliphatic carbocycles. The van der Waals surface area contributed by atoms with Crippen LogP contribution < -0.4 is 11.4 Å². The molecular weight excluding hydrogens is 204 g/mol. The number of nitrogens with zero attached hydrogens (tertiary/aromatic N) is 1. The van der Waals surface area contributed by atoms with Crippen molar-refractivity contribution in [1.29, 1.82) is 0 Å². The molecule has 1 unspecified atom stereocenters. The van der Waals surface area contributed by atoms with E-state index in [1.807, 2.05) is 31.2 Å². The molecule has 0 saturated carbocycles. The van der Waals surface area contributed by atoms with Crippen LogP contribution in [0.5, 0.6) is 0 Å². The van der Waals surface area contributed by atoms with E-state index in [0.29, 0.717) is 5.82 Å². The fourth-order valence-electron chi connectivity index (χ4n) is 1.62. The Morgan fingerprint density at radius 1 is 1.38 bits per heavy atom. The zero-order valence-electron chi connectivity index (χ0n) is 9.03. The van der Waals surface area contributed by atoms with E-state index in [9.17, 15) is 4.79 Å². The third-order valence-electron chi connectivity index (χ3n) is 2.51. The van der Waals surface area contributed by atoms with Gasteiger partial charge in [0, 0.05) is 11.6 Å². The lowest BCUT2D eigenvalue weighted by Crippen LogP contribution is -2.04. The summed E-state index contributed by atoms with van der Waals surface area (Å²) in [5.74, 6) is 0.851. The molecule has 0 saturated heterocycles. The molecule has 84 valence electrons. The zero-order valence-corrected chi connectivity index (χ0v) is 9.03. The SMILES string of the molecule is CC(Cc1ccc(N)cc1)c1n[nH]c(=O)[nH]1. The van der Waals surface area contributed by atoms with Crippen molar-refractivity contribution in [2.24, 2.45) is 0 Å². The molecule has 0 aliphatic rings. The van der Waals surface area contributed by atoms with E-state index in [0.717, 1.165) is 12.1 Å². The second kappa shape index (κ2) is 4.22. The van der Waals surface area contributed by atoms with Gasteiger partial charge in [-0.3, -0.25) is 4.98 Å². The van der Waals surface area contributed by atoms with Crippen LogP contribution in [0.15, 0.2) is 29.1 Å². The van der Waals surface area contributed by atoms with E-state index >= 15 is 0 Å². The van der Waals surface area contributed by atoms with Crippen LogP contribution in [0.25, 0.3) is 0 Å². The van der Waals surface area contributed by atoms with Crippen LogP contribution in [0.3, 0.4) is 0 Å². The molecule has 0 amide bonds. The average Bonchev–Trinajstić information content (AvgIpc) is 2.68. The Hall–Kier alpha value is -2.04. The lowest BCUT2D eigenvalue weighted by atomic mass is 10.0. The van der Waals surface area contributed by atoms with Gasteiger partial charge in [-0.1, -0.05) is 19.1 Å². The average molecular weight is 218 g/mol. The maximum atomic E-state index is 10.9. The third-order valence-corrected chi connectivity index (χ3v) is 2.51. The normalized spacial score (nSPS) is 12.6. The number of nitrogens with two attached hydrogens (primary N) is 1. The van der Waals surface area contributed by atoms with Crippen LogP contribution in [-0.4, -0.2) is 15.2 Å². The van der Waals surface area contributed by atoms with Gasteiger partial charge in [0.15, 0.2) is 0 Å². The molecule has 4 N–H and O–H groups in total. The van der Waals surface area contributed by atoms with Gasteiger partial charge in [-0.25, -0.2) is 9.89 Å². The molecule has 0 radical (unpaired) electrons. The lowest BCUT2D eigenvalue weighted by Gasteiger charge is -2.07. The van der Waals surface area contributed by atoms with Crippen molar-refractivity contribution in [1.82, 2.24) is 15.2 Å². The van der Waals surface area contributed by atoms with Crippen molar-refractivity contribution in [3.63, 3.8) is 0 Å². The Bertz CT molecular complexity index is 511. The van der Waals surface area contributed by atoms with Gasteiger partial charge in [0.1, 0.15) is 5.82 Å². The van der Waals surface area contributed by atoms with Crippen molar-refractivity contribution >= 4 is 5.69 Å². The Kier molecular flexibility index (Phi) is 2.76. The summed E-state index contributed by atoms with van der Waals surface area (Å²) in [5.41, 5.74) is 7.27. The predicted octanol–water partition coefficient (Wildman–Crippen LogP) is 1.03. The van der Waals surface area contributed by atoms with E-state index in [1.165, 1.54) is 5.56 Å². The first kappa shape index (κ1) is 10.5. The highest BCUT2D eigenvalue weighted by Crippen LogP contribution is 2.16. The van der Waals surface area contributed by atoms with Crippen molar-refractivity contribution in [3.8, 4) is 0 Å². The van der Waals surface area contributed by atoms with Gasteiger partial charge < -0.3 is 5.73 Å². The minimum Gasteiger partial charge on any atom is -0.399 e. The Balaban J connectivity index is 2.10. The Labute approximate surface area is 92.7 Å². The Morgan fingerprint density at radius 2 is 2.06 bits per heavy atom. The van der Waals surface area contributed by atoms with E-state index in [2.05, 4.69) is 15.2 Å². The topological polar surface area (TPSA) is 87.6 Å². The van der Waals surface area contributed by atoms with Crippen LogP contribution in [0.4, 0.5) is 5.69 Å². The molecule has 16 heavy (non-hydrogen) atoms. The maximum absolute atomic E-state index is 10.9. The monoisotopic (exact) mass is 218 g/mol. The fraction of sp³-hybridized carbons (Fsp3) is 0.273. The van der Waals surface area contributed by atoms with Crippen LogP contribution in [-0.2, 0) is 6.42 Å². The second-order valence-electron chi connectivity index (χ2n) is 3.91. The number of aromatic amines is 2. The molecule has 0 spiro atoms. The molecule has 5 heteroatoms. The number of hydrogen-bond donors (Lipinski definition) is 3. The number of H-pyrrole nitrogens is 2. The summed E-state index contributed by atoms with van der Waals surface area (Å²) in [4.78, 5) is 13.6. The summed E-state index contributed by atoms with van der Waals surface area (Å²) in [6, 6.07) is 7.71. The molecule has 5 nitrogen and oxygen atoms in total. The largest absolute Gasteiger partial charge is 0.399 e. The summed E-state index contributed by atoms with van der Waals surface area (Å²) >= 11 is 0. The van der Waals surface area contributed by atoms with Crippen molar-refractivity contribution in [2.75, 3.05) is 5.73 Å². The van der Waals surface area contributed by atoms with Gasteiger partial charge in [0.05, 0.1) is 0 Å². The molecule has 0 fully saturated rings. The number of hydrogen-bond acceptors (Lipinski definition) is 3. The Morgan fingerprint density at radius 3 is 2.62 bits per heavy atom. The minimum absolute atomic E-state index is 0.169. The van der Waals surface area contributed by atoms with Gasteiger partial charge in [-0.2, -0.15) is 5.10 Å². The van der Waals surface area contributed by atoms with Crippen LogP contribution in [0.2, 0.25) is 0 Å². The van der Waals surface area contributed by atoms with Crippen molar-refractivity contribution < 1.29 is 0 Å². The highest BCUT2D eigenvalue weighted by atomic mass is 16.1. The van der Waals surface area contributed by atoms with Gasteiger partial charge in [0.25, 0.3) is 0 Å². The maximum Gasteiger partial charge on any atom is 0.340 e. The molecule has 1 aromatic carbocycles. The number of benzene rings is 1. The second-order valence-corrected chi connectivity index (χ2v) is 3.91. The number of nitrogen functional groups attached to an aromatic ring is 1. The van der Waals surface area contributed by atoms with Crippen molar-refractivity contribution in [2.45, 2.75) is 19.3 Å². The van der Waals surface area contributed by atoms with E-state index < -0.39 is 0 Å². The molecule has 1 aromatic heterocycles. The summed E-state index contributed by atoms with van der Waals surface area (Å²) < 4.78 is 0. The predicted molar refractivity (Wildman–Crippen MR) is 62.2 cm³/mol. The van der Waals surface area contributed by atoms with Gasteiger partial charge in [0.2, 0.25) is 0 Å². The standard InChI is InChI=1S/C11H14N4O/c1-7(10-13-11(16)15-14-10)6-8-2-4-9(12)5-3-8/h2-5,7H,6,12H2,1H3,(H2,13,14,15,16). The van der Waals surface area contributed by atoms with Crippen LogP contribution in [0, 0.1) is 0 Å². The molecular formula is C11H14N4O. The molecule has 1 atom stereocenters. The highest BCUT2D eigenvalue weighted by Gasteiger charge is 2.10. The summed E-state index contributed by atoms with van der Waals surface area (Å²) in [7, 11) is 0. The summed E-state index contributed by atoms with van der Waals surface area (Å²) in [6.45, 7) is 2.02. The number of anilines is 1. The first-order valence-corrected chi connectivity index (χ1v) is 5.14. The lowest BCUT2D eigenvalue weighted by molar-refractivity contribution is 0.702. The van der Waals surface area contributed by atoms with Gasteiger partial charge >= 0.3 is 5.69 Å². The minimum atomic E-state index is -0.265. The van der Waals surface area contributed by atoms with Gasteiger partial charge in [-0.15, -0.1) is 0 Å². The smallest absolute Gasteiger partial charge is 0.340 e. The molecule has 1 heterocycles. The van der Waals surface area contributed by atoms with Crippen LogP contribution >= 0.6 is 0 Å². The number of rotatable bonds is 3. The van der Waals surface area contributed by atoms with Gasteiger partial charge in [-0.05, 0) is 24.1 Å². The fourth-order valence-corrected chi connectivity index (χ4v) is 1.62. The zero-order chi connectivity index (χ0) is 11.5.